The van der Waals surface area contributed by atoms with Gasteiger partial charge in [-0.05, 0) is 6.42 Å². The number of rotatable bonds is 0. The van der Waals surface area contributed by atoms with E-state index < -0.39 is 0 Å². The zero-order chi connectivity index (χ0) is 16.6. The van der Waals surface area contributed by atoms with Crippen molar-refractivity contribution in [3.8, 4) is 11.1 Å². The van der Waals surface area contributed by atoms with Crippen LogP contribution in [0.4, 0.5) is 0 Å². The minimum Gasteiger partial charge on any atom is -0.179 e. The summed E-state index contributed by atoms with van der Waals surface area (Å²) < 4.78 is 0. The molecule has 0 radical (unpaired) electrons. The molecule has 1 fully saturated rings. The van der Waals surface area contributed by atoms with Crippen molar-refractivity contribution in [3.63, 3.8) is 0 Å². The van der Waals surface area contributed by atoms with Crippen molar-refractivity contribution in [1.82, 2.24) is 0 Å². The van der Waals surface area contributed by atoms with Gasteiger partial charge in [-0.25, -0.2) is 12.2 Å². The fraction of sp³-hybridized carbons (Fsp3) is 0.273. The van der Waals surface area contributed by atoms with Crippen molar-refractivity contribution in [2.75, 3.05) is 0 Å². The average molecular weight is 477 g/mol. The Balaban J connectivity index is 0.000000220. The average Bonchev–Trinajstić information content (AvgIpc) is 3.38. The molecule has 1 aliphatic heterocycles. The fourth-order valence-electron chi connectivity index (χ4n) is 3.14. The molecule has 1 saturated heterocycles. The molecule has 2 aromatic rings. The van der Waals surface area contributed by atoms with E-state index in [1.165, 1.54) is 22.3 Å². The smallest absolute Gasteiger partial charge is 0.0253 e. The van der Waals surface area contributed by atoms with Crippen LogP contribution in [0, 0.1) is 12.1 Å². The molecule has 134 valence electrons. The first kappa shape index (κ1) is 23.6. The molecule has 0 nitrogen and oxygen atoms in total. The minimum atomic E-state index is 0. The summed E-state index contributed by atoms with van der Waals surface area (Å²) in [5.74, 6) is 0. The van der Waals surface area contributed by atoms with Crippen LogP contribution in [0.2, 0.25) is 12.1 Å². The van der Waals surface area contributed by atoms with Crippen LogP contribution in [-0.4, -0.2) is 5.43 Å². The van der Waals surface area contributed by atoms with Gasteiger partial charge in [-0.3, -0.25) is 6.08 Å². The van der Waals surface area contributed by atoms with Gasteiger partial charge in [0.1, 0.15) is 0 Å². The summed E-state index contributed by atoms with van der Waals surface area (Å²) in [6.07, 6.45) is 14.2. The van der Waals surface area contributed by atoms with Crippen LogP contribution in [0.5, 0.6) is 0 Å². The number of fused-ring (bicyclic) bond motifs is 3. The van der Waals surface area contributed by atoms with Crippen LogP contribution in [0.15, 0.2) is 60.7 Å². The number of halogens is 2. The SMILES string of the molecule is [C-]1=CC=CC1.[Cl-].[Cl-].[Zr+2]=[Si]1CCCC1.[c-]1cccc2c1Cc1ccccc1-2. The summed E-state index contributed by atoms with van der Waals surface area (Å²) in [5, 5.41) is 0. The van der Waals surface area contributed by atoms with Crippen LogP contribution in [0.1, 0.15) is 30.4 Å². The Kier molecular flexibility index (Phi) is 11.7. The Morgan fingerprint density at radius 1 is 0.923 bits per heavy atom. The van der Waals surface area contributed by atoms with Gasteiger partial charge in [0.15, 0.2) is 0 Å². The number of allylic oxidation sites excluding steroid dienone is 4. The maximum absolute atomic E-state index is 3.30. The second-order valence-corrected chi connectivity index (χ2v) is 13.6. The predicted molar refractivity (Wildman–Crippen MR) is 99.7 cm³/mol. The van der Waals surface area contributed by atoms with Gasteiger partial charge in [-0.15, -0.1) is 12.0 Å². The predicted octanol–water partition coefficient (Wildman–Crippen LogP) is -0.310. The molecule has 3 aliphatic rings. The van der Waals surface area contributed by atoms with Crippen LogP contribution in [0.3, 0.4) is 0 Å². The maximum atomic E-state index is 3.30. The summed E-state index contributed by atoms with van der Waals surface area (Å²) in [6.45, 7) is 0. The van der Waals surface area contributed by atoms with Crippen molar-refractivity contribution in [1.29, 1.82) is 0 Å². The Morgan fingerprint density at radius 3 is 2.23 bits per heavy atom. The normalized spacial score (nSPS) is 14.8. The molecule has 2 aliphatic carbocycles. The molecular formula is C22H22Cl2SiZr-2. The van der Waals surface area contributed by atoms with Crippen molar-refractivity contribution in [3.05, 3.63) is 84.0 Å². The standard InChI is InChI=1S/C13H9.C5H5.C4H8Si.2ClH.Zr/c1-3-7-12-10(5-1)9-11-6-2-4-8-13(11)12;2*1-2-4-5-3-1;;;/h1-5,7-8H,9H2;1-3H,4H2;1-4H2;2*1H;/q2*-1;;;;+2/p-2. The zero-order valence-corrected chi connectivity index (χ0v) is 19.7. The number of hydrogen-bond donors (Lipinski definition) is 0. The monoisotopic (exact) mass is 474 g/mol. The topological polar surface area (TPSA) is 0 Å². The largest absolute Gasteiger partial charge is 0.179 e. The third-order valence-electron chi connectivity index (χ3n) is 4.41. The minimum absolute atomic E-state index is 0. The molecule has 0 atom stereocenters. The van der Waals surface area contributed by atoms with E-state index >= 15 is 0 Å². The first-order valence-corrected chi connectivity index (χ1v) is 14.3. The zero-order valence-electron chi connectivity index (χ0n) is 14.8. The second-order valence-electron chi connectivity index (χ2n) is 6.21. The van der Waals surface area contributed by atoms with Gasteiger partial charge in [-0.2, -0.15) is 35.9 Å². The first-order chi connectivity index (χ1) is 11.8. The molecule has 1 heterocycles. The van der Waals surface area contributed by atoms with Crippen LogP contribution in [0.25, 0.3) is 11.1 Å². The Morgan fingerprint density at radius 2 is 1.65 bits per heavy atom. The summed E-state index contributed by atoms with van der Waals surface area (Å²) >= 11 is 1.87. The van der Waals surface area contributed by atoms with Crippen molar-refractivity contribution >= 4 is 5.43 Å². The maximum Gasteiger partial charge on any atom is -0.0253 e. The van der Waals surface area contributed by atoms with E-state index in [0.29, 0.717) is 5.43 Å². The van der Waals surface area contributed by atoms with Crippen LogP contribution >= 0.6 is 0 Å². The molecular weight excluding hydrogens is 454 g/mol. The molecule has 5 rings (SSSR count). The molecule has 4 heteroatoms. The number of hydrogen-bond acceptors (Lipinski definition) is 0. The Labute approximate surface area is 185 Å². The molecule has 0 bridgehead atoms. The summed E-state index contributed by atoms with van der Waals surface area (Å²) in [5.41, 5.74) is 5.84. The first-order valence-electron chi connectivity index (χ1n) is 8.70. The van der Waals surface area contributed by atoms with Crippen molar-refractivity contribution in [2.45, 2.75) is 37.8 Å². The van der Waals surface area contributed by atoms with Crippen molar-refractivity contribution in [2.24, 2.45) is 0 Å². The van der Waals surface area contributed by atoms with Crippen LogP contribution < -0.4 is 24.8 Å². The van der Waals surface area contributed by atoms with E-state index in [2.05, 4.69) is 54.6 Å². The van der Waals surface area contributed by atoms with E-state index in [1.54, 1.807) is 24.9 Å². The molecule has 0 unspecified atom stereocenters. The Hall–Kier alpha value is -0.400. The van der Waals surface area contributed by atoms with E-state index in [1.807, 2.05) is 41.6 Å². The van der Waals surface area contributed by atoms with Crippen molar-refractivity contribution < 1.29 is 48.1 Å². The van der Waals surface area contributed by atoms with Gasteiger partial charge >= 0.3 is 53.7 Å². The van der Waals surface area contributed by atoms with Gasteiger partial charge < -0.3 is 24.8 Å². The molecule has 26 heavy (non-hydrogen) atoms. The molecule has 2 aromatic carbocycles. The van der Waals surface area contributed by atoms with Gasteiger partial charge in [0, 0.05) is 0 Å². The van der Waals surface area contributed by atoms with Gasteiger partial charge in [0.25, 0.3) is 0 Å². The molecule has 0 N–H and O–H groups in total. The number of benzene rings is 2. The van der Waals surface area contributed by atoms with E-state index in [0.717, 1.165) is 12.8 Å². The summed E-state index contributed by atoms with van der Waals surface area (Å²) in [7, 11) is 0. The molecule has 0 amide bonds. The Bertz CT molecular complexity index is 707. The van der Waals surface area contributed by atoms with E-state index in [4.69, 9.17) is 0 Å². The van der Waals surface area contributed by atoms with E-state index in [9.17, 15) is 0 Å². The quantitative estimate of drug-likeness (QED) is 0.309. The molecule has 0 saturated carbocycles. The van der Waals surface area contributed by atoms with E-state index in [-0.39, 0.29) is 24.8 Å². The molecule has 0 aromatic heterocycles. The third kappa shape index (κ3) is 6.97. The fourth-order valence-corrected chi connectivity index (χ4v) is 7.35. The van der Waals surface area contributed by atoms with Crippen LogP contribution in [-0.2, 0) is 29.8 Å². The summed E-state index contributed by atoms with van der Waals surface area (Å²) in [4.78, 5) is 0. The molecule has 0 spiro atoms. The van der Waals surface area contributed by atoms with Gasteiger partial charge in [0.05, 0.1) is 0 Å². The third-order valence-corrected chi connectivity index (χ3v) is 10.0. The summed E-state index contributed by atoms with van der Waals surface area (Å²) in [6, 6.07) is 21.4. The second kappa shape index (κ2) is 12.9. The van der Waals surface area contributed by atoms with Gasteiger partial charge in [-0.1, -0.05) is 35.4 Å². The van der Waals surface area contributed by atoms with Gasteiger partial charge in [0.2, 0.25) is 0 Å².